The highest BCUT2D eigenvalue weighted by Gasteiger charge is 2.14. The van der Waals surface area contributed by atoms with Crippen LogP contribution in [0.15, 0.2) is 36.5 Å². The number of hydrogen-bond donors (Lipinski definition) is 1. The van der Waals surface area contributed by atoms with Crippen LogP contribution in [0.3, 0.4) is 0 Å². The average Bonchev–Trinajstić information content (AvgIpc) is 2.90. The van der Waals surface area contributed by atoms with E-state index in [9.17, 15) is 13.6 Å². The lowest BCUT2D eigenvalue weighted by atomic mass is 10.1. The zero-order valence-electron chi connectivity index (χ0n) is 12.5. The number of benzene rings is 1. The zero-order chi connectivity index (χ0) is 16.8. The van der Waals surface area contributed by atoms with Gasteiger partial charge in [0, 0.05) is 31.0 Å². The summed E-state index contributed by atoms with van der Waals surface area (Å²) in [5.41, 5.74) is 0.292. The van der Waals surface area contributed by atoms with Crippen LogP contribution in [0.2, 0.25) is 0 Å². The maximum Gasteiger partial charge on any atom is 0.387 e. The van der Waals surface area contributed by atoms with Gasteiger partial charge in [-0.3, -0.25) is 9.48 Å². The van der Waals surface area contributed by atoms with E-state index in [4.69, 9.17) is 4.74 Å². The molecule has 0 atom stereocenters. The summed E-state index contributed by atoms with van der Waals surface area (Å²) in [4.78, 5) is 11.8. The van der Waals surface area contributed by atoms with Gasteiger partial charge in [-0.1, -0.05) is 12.1 Å². The molecule has 6 nitrogen and oxygen atoms in total. The van der Waals surface area contributed by atoms with Gasteiger partial charge in [-0.05, 0) is 12.1 Å². The second-order valence-corrected chi connectivity index (χ2v) is 4.45. The highest BCUT2D eigenvalue weighted by molar-refractivity contribution is 6.01. The summed E-state index contributed by atoms with van der Waals surface area (Å²) in [6, 6.07) is 6.25. The molecule has 2 aromatic rings. The Bertz CT molecular complexity index is 714. The van der Waals surface area contributed by atoms with Gasteiger partial charge >= 0.3 is 6.61 Å². The molecular formula is C15H15F2N3O3. The molecule has 0 saturated heterocycles. The van der Waals surface area contributed by atoms with Crippen LogP contribution in [0.25, 0.3) is 6.08 Å². The van der Waals surface area contributed by atoms with Crippen molar-refractivity contribution >= 4 is 17.8 Å². The molecule has 122 valence electrons. The van der Waals surface area contributed by atoms with E-state index in [1.54, 1.807) is 25.4 Å². The van der Waals surface area contributed by atoms with Gasteiger partial charge in [0.1, 0.15) is 0 Å². The lowest BCUT2D eigenvalue weighted by Gasteiger charge is -2.12. The quantitative estimate of drug-likeness (QED) is 0.830. The third-order valence-corrected chi connectivity index (χ3v) is 2.82. The van der Waals surface area contributed by atoms with Gasteiger partial charge in [-0.15, -0.1) is 0 Å². The second kappa shape index (κ2) is 7.39. The molecule has 2 rings (SSSR count). The van der Waals surface area contributed by atoms with Crippen LogP contribution in [0.1, 0.15) is 5.56 Å². The Morgan fingerprint density at radius 2 is 2.17 bits per heavy atom. The number of carbonyl (C=O) groups is 1. The number of methoxy groups -OCH3 is 1. The van der Waals surface area contributed by atoms with Crippen molar-refractivity contribution in [1.29, 1.82) is 0 Å². The van der Waals surface area contributed by atoms with E-state index in [2.05, 4.69) is 15.2 Å². The fraction of sp³-hybridized carbons (Fsp3) is 0.200. The SMILES string of the molecule is COc1cccc(C=CC(=O)Nc2ccn(C)n2)c1OC(F)F. The highest BCUT2D eigenvalue weighted by atomic mass is 19.3. The standard InChI is InChI=1S/C15H15F2N3O3/c1-20-9-8-12(19-20)18-13(21)7-6-10-4-3-5-11(22-2)14(10)23-15(16)17/h3-9,15H,1-2H3,(H,18,19,21). The molecule has 0 spiro atoms. The largest absolute Gasteiger partial charge is 0.493 e. The second-order valence-electron chi connectivity index (χ2n) is 4.45. The molecule has 23 heavy (non-hydrogen) atoms. The number of anilines is 1. The summed E-state index contributed by atoms with van der Waals surface area (Å²) in [6.07, 6.45) is 4.23. The first-order valence-corrected chi connectivity index (χ1v) is 6.60. The normalized spacial score (nSPS) is 11.0. The van der Waals surface area contributed by atoms with Crippen molar-refractivity contribution in [2.45, 2.75) is 6.61 Å². The molecule has 0 aliphatic rings. The lowest BCUT2D eigenvalue weighted by molar-refractivity contribution is -0.111. The number of ether oxygens (including phenoxy) is 2. The van der Waals surface area contributed by atoms with Gasteiger partial charge in [-0.25, -0.2) is 0 Å². The van der Waals surface area contributed by atoms with Gasteiger partial charge in [0.15, 0.2) is 17.3 Å². The van der Waals surface area contributed by atoms with Crippen molar-refractivity contribution in [2.75, 3.05) is 12.4 Å². The number of carbonyl (C=O) groups excluding carboxylic acids is 1. The van der Waals surface area contributed by atoms with Crippen LogP contribution in [-0.4, -0.2) is 29.4 Å². The number of halogens is 2. The molecule has 1 N–H and O–H groups in total. The summed E-state index contributed by atoms with van der Waals surface area (Å²) in [7, 11) is 3.06. The van der Waals surface area contributed by atoms with E-state index in [1.165, 1.54) is 36.1 Å². The molecule has 0 saturated carbocycles. The van der Waals surface area contributed by atoms with Crippen molar-refractivity contribution in [1.82, 2.24) is 9.78 Å². The Hall–Kier alpha value is -2.90. The van der Waals surface area contributed by atoms with Gasteiger partial charge in [0.25, 0.3) is 0 Å². The number of rotatable bonds is 6. The number of nitrogens with zero attached hydrogens (tertiary/aromatic N) is 2. The van der Waals surface area contributed by atoms with E-state index < -0.39 is 12.5 Å². The first-order valence-electron chi connectivity index (χ1n) is 6.60. The summed E-state index contributed by atoms with van der Waals surface area (Å²) in [5, 5.41) is 6.54. The van der Waals surface area contributed by atoms with Crippen molar-refractivity contribution in [3.63, 3.8) is 0 Å². The van der Waals surface area contributed by atoms with E-state index in [0.717, 1.165) is 0 Å². The zero-order valence-corrected chi connectivity index (χ0v) is 12.5. The van der Waals surface area contributed by atoms with Crippen LogP contribution in [0.5, 0.6) is 11.5 Å². The van der Waals surface area contributed by atoms with Crippen LogP contribution >= 0.6 is 0 Å². The van der Waals surface area contributed by atoms with Crippen molar-refractivity contribution in [2.24, 2.45) is 7.05 Å². The molecule has 0 aliphatic carbocycles. The molecule has 8 heteroatoms. The number of amides is 1. The van der Waals surface area contributed by atoms with E-state index >= 15 is 0 Å². The van der Waals surface area contributed by atoms with Gasteiger partial charge in [0.05, 0.1) is 7.11 Å². The summed E-state index contributed by atoms with van der Waals surface area (Å²) in [5.74, 6) is -0.0455. The van der Waals surface area contributed by atoms with E-state index in [1.807, 2.05) is 0 Å². The highest BCUT2D eigenvalue weighted by Crippen LogP contribution is 2.33. The fourth-order valence-corrected chi connectivity index (χ4v) is 1.86. The number of nitrogens with one attached hydrogen (secondary N) is 1. The first kappa shape index (κ1) is 16.5. The maximum absolute atomic E-state index is 12.5. The number of alkyl halides is 2. The average molecular weight is 323 g/mol. The summed E-state index contributed by atoms with van der Waals surface area (Å²) >= 11 is 0. The van der Waals surface area contributed by atoms with Crippen molar-refractivity contribution in [3.05, 3.63) is 42.1 Å². The number of aromatic nitrogens is 2. The Kier molecular flexibility index (Phi) is 5.29. The minimum absolute atomic E-state index is 0.133. The third-order valence-electron chi connectivity index (χ3n) is 2.82. The van der Waals surface area contributed by atoms with Crippen molar-refractivity contribution in [3.8, 4) is 11.5 Å². The molecule has 0 aliphatic heterocycles. The van der Waals surface area contributed by atoms with Gasteiger partial charge < -0.3 is 14.8 Å². The van der Waals surface area contributed by atoms with Gasteiger partial charge in [0.2, 0.25) is 5.91 Å². The smallest absolute Gasteiger partial charge is 0.387 e. The van der Waals surface area contributed by atoms with Crippen molar-refractivity contribution < 1.29 is 23.0 Å². The predicted octanol–water partition coefficient (Wildman–Crippen LogP) is 2.68. The Balaban J connectivity index is 2.16. The topological polar surface area (TPSA) is 65.4 Å². The molecule has 0 fully saturated rings. The summed E-state index contributed by atoms with van der Waals surface area (Å²) in [6.45, 7) is -3.00. The first-order chi connectivity index (χ1) is 11.0. The Morgan fingerprint density at radius 1 is 1.39 bits per heavy atom. The van der Waals surface area contributed by atoms with E-state index in [0.29, 0.717) is 11.4 Å². The minimum Gasteiger partial charge on any atom is -0.493 e. The number of hydrogen-bond acceptors (Lipinski definition) is 4. The summed E-state index contributed by atoms with van der Waals surface area (Å²) < 4.78 is 36.0. The predicted molar refractivity (Wildman–Crippen MR) is 80.5 cm³/mol. The molecule has 1 heterocycles. The number of para-hydroxylation sites is 1. The fourth-order valence-electron chi connectivity index (χ4n) is 1.86. The number of aryl methyl sites for hydroxylation is 1. The molecule has 1 aromatic heterocycles. The van der Waals surface area contributed by atoms with Crippen LogP contribution in [-0.2, 0) is 11.8 Å². The molecule has 0 unspecified atom stereocenters. The Morgan fingerprint density at radius 3 is 2.78 bits per heavy atom. The van der Waals surface area contributed by atoms with Crippen LogP contribution in [0.4, 0.5) is 14.6 Å². The lowest BCUT2D eigenvalue weighted by Crippen LogP contribution is -2.09. The van der Waals surface area contributed by atoms with E-state index in [-0.39, 0.29) is 11.5 Å². The van der Waals surface area contributed by atoms with Crippen LogP contribution < -0.4 is 14.8 Å². The Labute approximate surface area is 131 Å². The van der Waals surface area contributed by atoms with Gasteiger partial charge in [-0.2, -0.15) is 13.9 Å². The molecule has 0 bridgehead atoms. The molecular weight excluding hydrogens is 308 g/mol. The molecule has 1 aromatic carbocycles. The maximum atomic E-state index is 12.5. The molecule has 1 amide bonds. The molecule has 0 radical (unpaired) electrons. The minimum atomic E-state index is -3.00. The monoisotopic (exact) mass is 323 g/mol. The third kappa shape index (κ3) is 4.53. The van der Waals surface area contributed by atoms with Crippen LogP contribution in [0, 0.1) is 0 Å².